The number of hydrogen-bond donors (Lipinski definition) is 1. The molecular weight excluding hydrogens is 323 g/mol. The first-order valence-electron chi connectivity index (χ1n) is 5.28. The molecule has 2 rings (SSSR count). The zero-order valence-corrected chi connectivity index (χ0v) is 11.4. The smallest absolute Gasteiger partial charge is 0.324 e. The van der Waals surface area contributed by atoms with E-state index in [4.69, 9.17) is 0 Å². The Kier molecular flexibility index (Phi) is 3.75. The topological polar surface area (TPSA) is 37.8 Å². The van der Waals surface area contributed by atoms with Crippen LogP contribution >= 0.6 is 15.9 Å². The monoisotopic (exact) mass is 331 g/mol. The van der Waals surface area contributed by atoms with Crippen LogP contribution in [0.5, 0.6) is 0 Å². The van der Waals surface area contributed by atoms with Crippen molar-refractivity contribution in [3.05, 3.63) is 46.2 Å². The first-order chi connectivity index (χ1) is 8.86. The highest BCUT2D eigenvalue weighted by atomic mass is 79.9. The van der Waals surface area contributed by atoms with Crippen molar-refractivity contribution in [1.82, 2.24) is 9.97 Å². The first-order valence-corrected chi connectivity index (χ1v) is 6.08. The molecule has 1 aromatic heterocycles. The molecule has 1 N–H and O–H groups in total. The fraction of sp³-hybridized carbons (Fsp3) is 0.167. The molecule has 0 radical (unpaired) electrons. The summed E-state index contributed by atoms with van der Waals surface area (Å²) in [6, 6.07) is 4.00. The Bertz CT molecular complexity index is 582. The van der Waals surface area contributed by atoms with Gasteiger partial charge in [-0.25, -0.2) is 9.97 Å². The van der Waals surface area contributed by atoms with Crippen LogP contribution < -0.4 is 5.32 Å². The van der Waals surface area contributed by atoms with Gasteiger partial charge in [0.15, 0.2) is 0 Å². The van der Waals surface area contributed by atoms with Gasteiger partial charge in [0, 0.05) is 18.1 Å². The number of nitrogens with zero attached hydrogens (tertiary/aromatic N) is 2. The second-order valence-electron chi connectivity index (χ2n) is 3.88. The summed E-state index contributed by atoms with van der Waals surface area (Å²) < 4.78 is 39.0. The number of aromatic nitrogens is 2. The number of aryl methyl sites for hydroxylation is 1. The molecule has 0 aliphatic rings. The van der Waals surface area contributed by atoms with E-state index in [1.54, 1.807) is 6.07 Å². The van der Waals surface area contributed by atoms with Gasteiger partial charge in [-0.3, -0.25) is 0 Å². The van der Waals surface area contributed by atoms with Gasteiger partial charge in [-0.15, -0.1) is 0 Å². The van der Waals surface area contributed by atoms with Crippen LogP contribution in [-0.4, -0.2) is 9.97 Å². The standard InChI is InChI=1S/C12H9BrF3N3/c1-7-2-3-9(4-10(7)12(14,15)16)19-11-17-5-8(13)6-18-11/h2-6H,1H3,(H,17,18,19). The third-order valence-corrected chi connectivity index (χ3v) is 2.83. The van der Waals surface area contributed by atoms with E-state index in [-0.39, 0.29) is 11.5 Å². The summed E-state index contributed by atoms with van der Waals surface area (Å²) in [6.07, 6.45) is -1.36. The minimum absolute atomic E-state index is 0.176. The minimum Gasteiger partial charge on any atom is -0.324 e. The van der Waals surface area contributed by atoms with Crippen molar-refractivity contribution in [3.63, 3.8) is 0 Å². The molecule has 0 amide bonds. The van der Waals surface area contributed by atoms with E-state index in [1.807, 2.05) is 0 Å². The zero-order valence-electron chi connectivity index (χ0n) is 9.79. The molecule has 0 aliphatic heterocycles. The van der Waals surface area contributed by atoms with E-state index in [1.165, 1.54) is 25.4 Å². The molecule has 0 saturated heterocycles. The molecule has 2 aromatic rings. The molecule has 0 fully saturated rings. The molecule has 0 aliphatic carbocycles. The molecule has 100 valence electrons. The zero-order chi connectivity index (χ0) is 14.0. The third kappa shape index (κ3) is 3.44. The number of alkyl halides is 3. The van der Waals surface area contributed by atoms with Crippen LogP contribution in [0.1, 0.15) is 11.1 Å². The number of anilines is 2. The second kappa shape index (κ2) is 5.16. The maximum atomic E-state index is 12.8. The van der Waals surface area contributed by atoms with Gasteiger partial charge in [0.1, 0.15) is 0 Å². The van der Waals surface area contributed by atoms with E-state index in [0.29, 0.717) is 10.2 Å². The van der Waals surface area contributed by atoms with Crippen LogP contribution in [0, 0.1) is 6.92 Å². The van der Waals surface area contributed by atoms with Crippen LogP contribution in [0.4, 0.5) is 24.8 Å². The van der Waals surface area contributed by atoms with Gasteiger partial charge in [-0.1, -0.05) is 6.07 Å². The summed E-state index contributed by atoms with van der Waals surface area (Å²) in [5.74, 6) is 0.236. The van der Waals surface area contributed by atoms with Crippen LogP contribution in [0.15, 0.2) is 35.1 Å². The van der Waals surface area contributed by atoms with Gasteiger partial charge in [0.05, 0.1) is 10.0 Å². The normalized spacial score (nSPS) is 11.4. The highest BCUT2D eigenvalue weighted by Gasteiger charge is 2.32. The highest BCUT2D eigenvalue weighted by molar-refractivity contribution is 9.10. The van der Waals surface area contributed by atoms with Crippen molar-refractivity contribution in [1.29, 1.82) is 0 Å². The Morgan fingerprint density at radius 1 is 1.16 bits per heavy atom. The van der Waals surface area contributed by atoms with E-state index in [9.17, 15) is 13.2 Å². The fourth-order valence-corrected chi connectivity index (χ4v) is 1.72. The summed E-state index contributed by atoms with van der Waals surface area (Å²) in [6.45, 7) is 1.42. The number of hydrogen-bond acceptors (Lipinski definition) is 3. The van der Waals surface area contributed by atoms with Gasteiger partial charge < -0.3 is 5.32 Å². The fourth-order valence-electron chi connectivity index (χ4n) is 1.51. The van der Waals surface area contributed by atoms with Crippen molar-refractivity contribution < 1.29 is 13.2 Å². The number of nitrogens with one attached hydrogen (secondary N) is 1. The third-order valence-electron chi connectivity index (χ3n) is 2.42. The molecule has 0 spiro atoms. The van der Waals surface area contributed by atoms with Crippen molar-refractivity contribution in [2.45, 2.75) is 13.1 Å². The Labute approximate surface area is 116 Å². The lowest BCUT2D eigenvalue weighted by Crippen LogP contribution is -2.08. The molecule has 19 heavy (non-hydrogen) atoms. The quantitative estimate of drug-likeness (QED) is 0.891. The van der Waals surface area contributed by atoms with E-state index < -0.39 is 11.7 Å². The number of benzene rings is 1. The highest BCUT2D eigenvalue weighted by Crippen LogP contribution is 2.33. The van der Waals surface area contributed by atoms with E-state index >= 15 is 0 Å². The molecule has 1 aromatic carbocycles. The van der Waals surface area contributed by atoms with Crippen molar-refractivity contribution in [3.8, 4) is 0 Å². The van der Waals surface area contributed by atoms with Crippen molar-refractivity contribution >= 4 is 27.6 Å². The Morgan fingerprint density at radius 3 is 2.37 bits per heavy atom. The largest absolute Gasteiger partial charge is 0.416 e. The van der Waals surface area contributed by atoms with E-state index in [2.05, 4.69) is 31.2 Å². The molecule has 3 nitrogen and oxygen atoms in total. The Morgan fingerprint density at radius 2 is 1.79 bits per heavy atom. The number of halogens is 4. The van der Waals surface area contributed by atoms with Gasteiger partial charge in [0.2, 0.25) is 5.95 Å². The molecule has 7 heteroatoms. The Hall–Kier alpha value is -1.63. The molecule has 1 heterocycles. The number of rotatable bonds is 2. The second-order valence-corrected chi connectivity index (χ2v) is 4.79. The maximum absolute atomic E-state index is 12.8. The molecule has 0 saturated carbocycles. The van der Waals surface area contributed by atoms with Crippen LogP contribution in [-0.2, 0) is 6.18 Å². The average molecular weight is 332 g/mol. The molecule has 0 bridgehead atoms. The van der Waals surface area contributed by atoms with Crippen LogP contribution in [0.3, 0.4) is 0 Å². The summed E-state index contributed by atoms with van der Waals surface area (Å²) in [4.78, 5) is 7.87. The SMILES string of the molecule is Cc1ccc(Nc2ncc(Br)cn2)cc1C(F)(F)F. The van der Waals surface area contributed by atoms with Gasteiger partial charge in [0.25, 0.3) is 0 Å². The minimum atomic E-state index is -4.37. The predicted octanol–water partition coefficient (Wildman–Crippen LogP) is 4.31. The van der Waals surface area contributed by atoms with E-state index in [0.717, 1.165) is 6.07 Å². The van der Waals surface area contributed by atoms with Gasteiger partial charge in [-0.2, -0.15) is 13.2 Å². The summed E-state index contributed by atoms with van der Waals surface area (Å²) in [7, 11) is 0. The van der Waals surface area contributed by atoms with Crippen molar-refractivity contribution in [2.75, 3.05) is 5.32 Å². The van der Waals surface area contributed by atoms with Crippen molar-refractivity contribution in [2.24, 2.45) is 0 Å². The predicted molar refractivity (Wildman–Crippen MR) is 69.2 cm³/mol. The Balaban J connectivity index is 2.29. The lowest BCUT2D eigenvalue weighted by atomic mass is 10.1. The molecular formula is C12H9BrF3N3. The van der Waals surface area contributed by atoms with Gasteiger partial charge >= 0.3 is 6.18 Å². The average Bonchev–Trinajstić information content (AvgIpc) is 2.33. The molecule has 0 unspecified atom stereocenters. The summed E-state index contributed by atoms with van der Waals surface area (Å²) in [5, 5.41) is 2.73. The lowest BCUT2D eigenvalue weighted by Gasteiger charge is -2.12. The maximum Gasteiger partial charge on any atom is 0.416 e. The lowest BCUT2D eigenvalue weighted by molar-refractivity contribution is -0.138. The first kappa shape index (κ1) is 13.8. The van der Waals surface area contributed by atoms with Crippen LogP contribution in [0.25, 0.3) is 0 Å². The van der Waals surface area contributed by atoms with Gasteiger partial charge in [-0.05, 0) is 40.5 Å². The molecule has 0 atom stereocenters. The van der Waals surface area contributed by atoms with Crippen LogP contribution in [0.2, 0.25) is 0 Å². The summed E-state index contributed by atoms with van der Waals surface area (Å²) in [5.41, 5.74) is -0.204. The summed E-state index contributed by atoms with van der Waals surface area (Å²) >= 11 is 3.18.